The van der Waals surface area contributed by atoms with E-state index in [2.05, 4.69) is 10.6 Å². The summed E-state index contributed by atoms with van der Waals surface area (Å²) in [5.74, 6) is 5.18. The second-order valence-corrected chi connectivity index (χ2v) is 2.23. The minimum atomic E-state index is 0. The van der Waals surface area contributed by atoms with Crippen molar-refractivity contribution in [2.75, 3.05) is 5.43 Å². The van der Waals surface area contributed by atoms with E-state index in [-0.39, 0.29) is 12.4 Å². The van der Waals surface area contributed by atoms with Crippen LogP contribution in [0.4, 0.5) is 11.4 Å². The van der Waals surface area contributed by atoms with E-state index in [1.165, 1.54) is 0 Å². The van der Waals surface area contributed by atoms with Gasteiger partial charge < -0.3 is 5.43 Å². The molecule has 0 aliphatic carbocycles. The second-order valence-electron chi connectivity index (χ2n) is 2.23. The highest BCUT2D eigenvalue weighted by molar-refractivity contribution is 5.85. The summed E-state index contributed by atoms with van der Waals surface area (Å²) in [6, 6.07) is 5.03. The summed E-state index contributed by atoms with van der Waals surface area (Å²) < 4.78 is 0. The number of nitrogens with one attached hydrogen (secondary N) is 1. The van der Waals surface area contributed by atoms with Crippen molar-refractivity contribution in [1.29, 1.82) is 0 Å². The number of hydrogen-bond donors (Lipinski definition) is 2. The van der Waals surface area contributed by atoms with Crippen LogP contribution in [0.2, 0.25) is 0 Å². The second kappa shape index (κ2) is 4.69. The number of anilines is 1. The van der Waals surface area contributed by atoms with E-state index < -0.39 is 0 Å². The Bertz CT molecular complexity index is 277. The molecule has 0 atom stereocenters. The number of nitrogen functional groups attached to an aromatic ring is 1. The molecule has 0 aliphatic rings. The Balaban J connectivity index is 0.00000121. The predicted molar refractivity (Wildman–Crippen MR) is 51.7 cm³/mol. The van der Waals surface area contributed by atoms with Gasteiger partial charge in [0.2, 0.25) is 0 Å². The minimum Gasteiger partial charge on any atom is -0.324 e. The molecule has 66 valence electrons. The Kier molecular flexibility index (Phi) is 4.25. The van der Waals surface area contributed by atoms with Crippen molar-refractivity contribution in [2.45, 2.75) is 6.92 Å². The van der Waals surface area contributed by atoms with Crippen LogP contribution < -0.4 is 11.3 Å². The summed E-state index contributed by atoms with van der Waals surface area (Å²) >= 11 is 0. The van der Waals surface area contributed by atoms with Crippen molar-refractivity contribution < 1.29 is 0 Å². The lowest BCUT2D eigenvalue weighted by Crippen LogP contribution is -2.07. The van der Waals surface area contributed by atoms with Crippen LogP contribution in [0.1, 0.15) is 5.56 Å². The molecular formula is C7H10ClN3O. The number of aryl methyl sites for hydroxylation is 1. The standard InChI is InChI=1S/C7H9N3O.ClH/c1-5-2-3-6(10-11)4-7(5)9-8;/h2-4,9H,8H2,1H3;1H. The minimum absolute atomic E-state index is 0. The highest BCUT2D eigenvalue weighted by Crippen LogP contribution is 2.20. The van der Waals surface area contributed by atoms with Crippen molar-refractivity contribution >= 4 is 23.8 Å². The zero-order valence-electron chi connectivity index (χ0n) is 6.57. The molecule has 5 heteroatoms. The molecule has 0 heterocycles. The largest absolute Gasteiger partial charge is 0.324 e. The van der Waals surface area contributed by atoms with Gasteiger partial charge in [-0.25, -0.2) is 0 Å². The van der Waals surface area contributed by atoms with Gasteiger partial charge in [0.1, 0.15) is 5.69 Å². The van der Waals surface area contributed by atoms with E-state index in [1.807, 2.05) is 6.92 Å². The average Bonchev–Trinajstić information content (AvgIpc) is 2.05. The van der Waals surface area contributed by atoms with Crippen LogP contribution in [0.3, 0.4) is 0 Å². The summed E-state index contributed by atoms with van der Waals surface area (Å²) in [7, 11) is 0. The van der Waals surface area contributed by atoms with Gasteiger partial charge in [-0.2, -0.15) is 0 Å². The molecule has 4 nitrogen and oxygen atoms in total. The van der Waals surface area contributed by atoms with Gasteiger partial charge in [0.05, 0.1) is 5.69 Å². The molecule has 0 aliphatic heterocycles. The summed E-state index contributed by atoms with van der Waals surface area (Å²) in [6.45, 7) is 1.89. The summed E-state index contributed by atoms with van der Waals surface area (Å²) in [5.41, 5.74) is 4.56. The van der Waals surface area contributed by atoms with Gasteiger partial charge >= 0.3 is 0 Å². The normalized spacial score (nSPS) is 8.50. The zero-order chi connectivity index (χ0) is 8.27. The summed E-state index contributed by atoms with van der Waals surface area (Å²) in [5, 5.41) is 2.77. The molecule has 0 unspecified atom stereocenters. The van der Waals surface area contributed by atoms with Crippen LogP contribution in [0, 0.1) is 11.8 Å². The maximum absolute atomic E-state index is 10.1. The number of rotatable bonds is 2. The van der Waals surface area contributed by atoms with E-state index >= 15 is 0 Å². The lowest BCUT2D eigenvalue weighted by molar-refractivity contribution is 1.30. The number of hydrazine groups is 1. The monoisotopic (exact) mass is 187 g/mol. The van der Waals surface area contributed by atoms with Crippen molar-refractivity contribution in [1.82, 2.24) is 0 Å². The number of halogens is 1. The molecule has 0 spiro atoms. The van der Waals surface area contributed by atoms with Gasteiger partial charge in [-0.15, -0.1) is 17.3 Å². The van der Waals surface area contributed by atoms with Crippen molar-refractivity contribution in [3.05, 3.63) is 28.7 Å². The average molecular weight is 188 g/mol. The molecule has 0 amide bonds. The number of nitrogens with two attached hydrogens (primary N) is 1. The van der Waals surface area contributed by atoms with Gasteiger partial charge in [0.25, 0.3) is 0 Å². The lowest BCUT2D eigenvalue weighted by atomic mass is 10.2. The predicted octanol–water partition coefficient (Wildman–Crippen LogP) is 2.10. The first-order valence-electron chi connectivity index (χ1n) is 3.18. The Morgan fingerprint density at radius 3 is 2.67 bits per heavy atom. The molecule has 1 rings (SSSR count). The van der Waals surface area contributed by atoms with E-state index in [9.17, 15) is 4.91 Å². The molecule has 0 bridgehead atoms. The quantitative estimate of drug-likeness (QED) is 0.423. The fourth-order valence-electron chi connectivity index (χ4n) is 0.822. The number of hydrogen-bond acceptors (Lipinski definition) is 4. The maximum Gasteiger partial charge on any atom is 0.110 e. The zero-order valence-corrected chi connectivity index (χ0v) is 7.39. The molecule has 0 fully saturated rings. The molecule has 1 aromatic rings. The first-order valence-corrected chi connectivity index (χ1v) is 3.18. The Morgan fingerprint density at radius 2 is 2.17 bits per heavy atom. The fourth-order valence-corrected chi connectivity index (χ4v) is 0.822. The van der Waals surface area contributed by atoms with Crippen LogP contribution >= 0.6 is 12.4 Å². The van der Waals surface area contributed by atoms with E-state index in [4.69, 9.17) is 5.84 Å². The topological polar surface area (TPSA) is 67.5 Å². The van der Waals surface area contributed by atoms with Gasteiger partial charge in [-0.05, 0) is 29.8 Å². The van der Waals surface area contributed by atoms with Gasteiger partial charge in [0, 0.05) is 0 Å². The highest BCUT2D eigenvalue weighted by Gasteiger charge is 1.97. The molecule has 1 aromatic carbocycles. The van der Waals surface area contributed by atoms with E-state index in [1.54, 1.807) is 18.2 Å². The molecule has 0 saturated carbocycles. The van der Waals surface area contributed by atoms with Crippen molar-refractivity contribution in [2.24, 2.45) is 11.0 Å². The SMILES string of the molecule is Cc1ccc(N=O)cc1NN.Cl. The van der Waals surface area contributed by atoms with E-state index in [0.29, 0.717) is 5.69 Å². The van der Waals surface area contributed by atoms with Crippen LogP contribution in [-0.4, -0.2) is 0 Å². The van der Waals surface area contributed by atoms with Crippen LogP contribution in [-0.2, 0) is 0 Å². The lowest BCUT2D eigenvalue weighted by Gasteiger charge is -2.02. The number of nitroso groups, excluding NO2 is 1. The fraction of sp³-hybridized carbons (Fsp3) is 0.143. The third kappa shape index (κ3) is 2.18. The molecule has 0 radical (unpaired) electrons. The smallest absolute Gasteiger partial charge is 0.110 e. The summed E-state index contributed by atoms with van der Waals surface area (Å²) in [6.07, 6.45) is 0. The number of nitrogens with zero attached hydrogens (tertiary/aromatic N) is 1. The first kappa shape index (κ1) is 10.9. The molecule has 0 saturated heterocycles. The van der Waals surface area contributed by atoms with Gasteiger partial charge in [-0.1, -0.05) is 6.07 Å². The Labute approximate surface area is 76.5 Å². The van der Waals surface area contributed by atoms with Crippen LogP contribution in [0.25, 0.3) is 0 Å². The van der Waals surface area contributed by atoms with E-state index in [0.717, 1.165) is 11.3 Å². The van der Waals surface area contributed by atoms with Crippen LogP contribution in [0.5, 0.6) is 0 Å². The molecular weight excluding hydrogens is 178 g/mol. The summed E-state index contributed by atoms with van der Waals surface area (Å²) in [4.78, 5) is 10.1. The Morgan fingerprint density at radius 1 is 1.50 bits per heavy atom. The number of benzene rings is 1. The molecule has 3 N–H and O–H groups in total. The molecule has 12 heavy (non-hydrogen) atoms. The van der Waals surface area contributed by atoms with Gasteiger partial charge in [0.15, 0.2) is 0 Å². The third-order valence-electron chi connectivity index (χ3n) is 1.48. The first-order chi connectivity index (χ1) is 5.27. The van der Waals surface area contributed by atoms with Crippen molar-refractivity contribution in [3.8, 4) is 0 Å². The van der Waals surface area contributed by atoms with Crippen molar-refractivity contribution in [3.63, 3.8) is 0 Å². The third-order valence-corrected chi connectivity index (χ3v) is 1.48. The highest BCUT2D eigenvalue weighted by atomic mass is 35.5. The molecule has 0 aromatic heterocycles. The maximum atomic E-state index is 10.1. The van der Waals surface area contributed by atoms with Gasteiger partial charge in [-0.3, -0.25) is 5.84 Å². The Hall–Kier alpha value is -1.13. The van der Waals surface area contributed by atoms with Crippen LogP contribution in [0.15, 0.2) is 23.4 Å².